The van der Waals surface area contributed by atoms with Gasteiger partial charge in [0.2, 0.25) is 0 Å². The summed E-state index contributed by atoms with van der Waals surface area (Å²) in [5.41, 5.74) is 20.4. The van der Waals surface area contributed by atoms with Crippen LogP contribution in [-0.2, 0) is 0 Å². The molecule has 0 unspecified atom stereocenters. The van der Waals surface area contributed by atoms with Crippen LogP contribution in [0.1, 0.15) is 0 Å². The molecule has 4 aliphatic rings. The highest BCUT2D eigenvalue weighted by Gasteiger charge is 2.51. The van der Waals surface area contributed by atoms with E-state index in [2.05, 4.69) is 154 Å². The molecule has 8 heterocycles. The Labute approximate surface area is 302 Å². The van der Waals surface area contributed by atoms with Crippen LogP contribution < -0.4 is 26.8 Å². The van der Waals surface area contributed by atoms with Crippen molar-refractivity contribution in [2.75, 3.05) is 4.90 Å². The number of aromatic nitrogens is 2. The Kier molecular flexibility index (Phi) is 4.14. The van der Waals surface area contributed by atoms with Gasteiger partial charge in [-0.25, -0.2) is 0 Å². The van der Waals surface area contributed by atoms with Crippen molar-refractivity contribution in [2.45, 2.75) is 0 Å². The first-order valence-corrected chi connectivity index (χ1v) is 18.4. The Morgan fingerprint density at radius 1 is 0.415 bits per heavy atom. The van der Waals surface area contributed by atoms with Gasteiger partial charge in [-0.15, -0.1) is 0 Å². The molecule has 0 bridgehead atoms. The lowest BCUT2D eigenvalue weighted by molar-refractivity contribution is 0.669. The van der Waals surface area contributed by atoms with Gasteiger partial charge >= 0.3 is 13.7 Å². The van der Waals surface area contributed by atoms with E-state index in [-0.39, 0.29) is 13.7 Å². The molecule has 5 nitrogen and oxygen atoms in total. The molecule has 11 aromatic rings. The monoisotopic (exact) mass is 671 g/mol. The zero-order chi connectivity index (χ0) is 33.8. The van der Waals surface area contributed by atoms with Gasteiger partial charge in [0.1, 0.15) is 22.3 Å². The van der Waals surface area contributed by atoms with Crippen LogP contribution in [0.3, 0.4) is 0 Å². The lowest BCUT2D eigenvalue weighted by atomic mass is 9.39. The van der Waals surface area contributed by atoms with Gasteiger partial charge in [-0.2, -0.15) is 0 Å². The van der Waals surface area contributed by atoms with E-state index in [1.165, 1.54) is 83.0 Å². The van der Waals surface area contributed by atoms with E-state index in [4.69, 9.17) is 8.83 Å². The number of anilines is 3. The molecular formula is C46H23B2N3O2. The van der Waals surface area contributed by atoms with Crippen molar-refractivity contribution in [3.8, 4) is 22.3 Å². The summed E-state index contributed by atoms with van der Waals surface area (Å²) in [6, 6.07) is 46.9. The first-order chi connectivity index (χ1) is 26.3. The van der Waals surface area contributed by atoms with Gasteiger partial charge in [0.25, 0.3) is 0 Å². The topological polar surface area (TPSA) is 39.4 Å². The molecule has 0 fully saturated rings. The Morgan fingerprint density at radius 3 is 1.45 bits per heavy atom. The van der Waals surface area contributed by atoms with Crippen LogP contribution in [-0.4, -0.2) is 22.7 Å². The summed E-state index contributed by atoms with van der Waals surface area (Å²) in [6.07, 6.45) is 4.62. The maximum Gasteiger partial charge on any atom is 0.332 e. The fourth-order valence-corrected chi connectivity index (χ4v) is 11.0. The van der Waals surface area contributed by atoms with Gasteiger partial charge in [-0.3, -0.25) is 0 Å². The molecule has 4 aliphatic heterocycles. The van der Waals surface area contributed by atoms with Crippen molar-refractivity contribution in [2.24, 2.45) is 0 Å². The molecule has 0 saturated carbocycles. The minimum atomic E-state index is -0.0219. The van der Waals surface area contributed by atoms with Crippen LogP contribution >= 0.6 is 0 Å². The average molecular weight is 671 g/mol. The molecule has 7 aromatic carbocycles. The maximum atomic E-state index is 6.68. The number of para-hydroxylation sites is 4. The third-order valence-corrected chi connectivity index (χ3v) is 12.9. The summed E-state index contributed by atoms with van der Waals surface area (Å²) in [4.78, 5) is 2.65. The summed E-state index contributed by atoms with van der Waals surface area (Å²) >= 11 is 0. The van der Waals surface area contributed by atoms with Gasteiger partial charge in [-0.1, -0.05) is 84.9 Å². The lowest BCUT2D eigenvalue weighted by Crippen LogP contribution is -2.64. The standard InChI is InChI=1S/C46H23B2N3O2/c1-3-13-34-28(9-1)38-36(52-34)17-15-32-44(38)51-45-33(16-18-37-39(45)29-10-2-4-14-35(29)53-37)48-41-31(27-12-6-8-25-20-22-50(48)43(25)27)23-30-26-11-5-7-24-19-21-49(42(24)26)47(32)40(30)46(41)51/h1-23H. The third kappa shape index (κ3) is 2.74. The third-order valence-electron chi connectivity index (χ3n) is 12.9. The molecule has 4 aromatic heterocycles. The van der Waals surface area contributed by atoms with Gasteiger partial charge in [0.05, 0.1) is 22.1 Å². The van der Waals surface area contributed by atoms with E-state index >= 15 is 0 Å². The van der Waals surface area contributed by atoms with Crippen LogP contribution in [0.4, 0.5) is 17.1 Å². The molecule has 0 atom stereocenters. The quantitative estimate of drug-likeness (QED) is 0.152. The molecule has 53 heavy (non-hydrogen) atoms. The normalized spacial score (nSPS) is 14.3. The minimum Gasteiger partial charge on any atom is -0.456 e. The van der Waals surface area contributed by atoms with Crippen molar-refractivity contribution >= 4 is 118 Å². The Balaban J connectivity index is 1.24. The number of hydrogen-bond donors (Lipinski definition) is 0. The molecule has 0 radical (unpaired) electrons. The molecular weight excluding hydrogens is 648 g/mol. The zero-order valence-electron chi connectivity index (χ0n) is 28.1. The smallest absolute Gasteiger partial charge is 0.332 e. The van der Waals surface area contributed by atoms with E-state index in [0.29, 0.717) is 0 Å². The summed E-state index contributed by atoms with van der Waals surface area (Å²) < 4.78 is 18.4. The molecule has 0 aliphatic carbocycles. The van der Waals surface area contributed by atoms with Gasteiger partial charge < -0.3 is 22.7 Å². The van der Waals surface area contributed by atoms with Crippen molar-refractivity contribution in [3.63, 3.8) is 0 Å². The molecule has 240 valence electrons. The molecule has 0 amide bonds. The highest BCUT2D eigenvalue weighted by Crippen LogP contribution is 2.52. The van der Waals surface area contributed by atoms with Crippen molar-refractivity contribution in [1.82, 2.24) is 8.96 Å². The van der Waals surface area contributed by atoms with Crippen LogP contribution in [0, 0.1) is 0 Å². The second kappa shape index (κ2) is 8.43. The maximum absolute atomic E-state index is 6.68. The van der Waals surface area contributed by atoms with Crippen LogP contribution in [0.2, 0.25) is 0 Å². The molecule has 0 N–H and O–H groups in total. The average Bonchev–Trinajstić information content (AvgIpc) is 4.00. The number of rotatable bonds is 0. The predicted octanol–water partition coefficient (Wildman–Crippen LogP) is 8.76. The highest BCUT2D eigenvalue weighted by molar-refractivity contribution is 6.95. The minimum absolute atomic E-state index is 0.0219. The summed E-state index contributed by atoms with van der Waals surface area (Å²) in [5, 5.41) is 7.10. The predicted molar refractivity (Wildman–Crippen MR) is 218 cm³/mol. The first-order valence-electron chi connectivity index (χ1n) is 18.4. The molecule has 0 saturated heterocycles. The number of fused-ring (bicyclic) bond motifs is 18. The molecule has 0 spiro atoms. The Morgan fingerprint density at radius 2 is 0.925 bits per heavy atom. The van der Waals surface area contributed by atoms with Gasteiger partial charge in [0, 0.05) is 38.6 Å². The number of benzene rings is 7. The van der Waals surface area contributed by atoms with E-state index in [1.54, 1.807) is 0 Å². The lowest BCUT2D eigenvalue weighted by Gasteiger charge is -2.47. The van der Waals surface area contributed by atoms with E-state index < -0.39 is 0 Å². The zero-order valence-corrected chi connectivity index (χ0v) is 28.1. The van der Waals surface area contributed by atoms with Crippen molar-refractivity contribution in [3.05, 3.63) is 140 Å². The number of furan rings is 2. The fourth-order valence-electron chi connectivity index (χ4n) is 11.0. The highest BCUT2D eigenvalue weighted by atomic mass is 16.3. The van der Waals surface area contributed by atoms with Crippen LogP contribution in [0.25, 0.3) is 87.9 Å². The SMILES string of the molecule is c1cc2c3c(c1)ccn3B1c3ccc4oc5ccccc5c4c3N3c4c1c-2cc1c4B(c2ccc4oc5ccccc5c4c23)n2ccc3cccc-1c32. The summed E-state index contributed by atoms with van der Waals surface area (Å²) in [7, 11) is 0. The Hall–Kier alpha value is -6.85. The van der Waals surface area contributed by atoms with E-state index in [1.807, 2.05) is 0 Å². The molecule has 15 rings (SSSR count). The largest absolute Gasteiger partial charge is 0.456 e. The van der Waals surface area contributed by atoms with E-state index in [0.717, 1.165) is 43.9 Å². The first kappa shape index (κ1) is 26.0. The van der Waals surface area contributed by atoms with Gasteiger partial charge in [0.15, 0.2) is 0 Å². The van der Waals surface area contributed by atoms with Crippen molar-refractivity contribution < 1.29 is 8.83 Å². The van der Waals surface area contributed by atoms with Crippen LogP contribution in [0.5, 0.6) is 0 Å². The summed E-state index contributed by atoms with van der Waals surface area (Å²) in [5.74, 6) is 0. The molecule has 7 heteroatoms. The van der Waals surface area contributed by atoms with Crippen LogP contribution in [0.15, 0.2) is 149 Å². The fraction of sp³-hybridized carbons (Fsp3) is 0. The Bertz CT molecular complexity index is 3330. The second-order valence-corrected chi connectivity index (χ2v) is 15.2. The second-order valence-electron chi connectivity index (χ2n) is 15.2. The van der Waals surface area contributed by atoms with Crippen molar-refractivity contribution in [1.29, 1.82) is 0 Å². The van der Waals surface area contributed by atoms with E-state index in [9.17, 15) is 0 Å². The summed E-state index contributed by atoms with van der Waals surface area (Å²) in [6.45, 7) is -0.0438. The number of nitrogens with zero attached hydrogens (tertiary/aromatic N) is 3. The van der Waals surface area contributed by atoms with Gasteiger partial charge in [-0.05, 0) is 98.6 Å². The number of hydrogen-bond acceptors (Lipinski definition) is 3.